The second kappa shape index (κ2) is 7.52. The predicted molar refractivity (Wildman–Crippen MR) is 85.9 cm³/mol. The van der Waals surface area contributed by atoms with Crippen LogP contribution in [-0.2, 0) is 0 Å². The average molecular weight is 297 g/mol. The molecule has 0 radical (unpaired) electrons. The minimum Gasteiger partial charge on any atom is -0.369 e. The third-order valence-electron chi connectivity index (χ3n) is 2.77. The number of thioether (sulfide) groups is 1. The molecular weight excluding hydrogens is 278 g/mol. The van der Waals surface area contributed by atoms with Crippen molar-refractivity contribution in [1.29, 1.82) is 0 Å². The molecule has 2 aromatic rings. The van der Waals surface area contributed by atoms with Crippen LogP contribution in [0.4, 0.5) is 11.8 Å². The van der Waals surface area contributed by atoms with Crippen LogP contribution in [0.5, 0.6) is 0 Å². The summed E-state index contributed by atoms with van der Waals surface area (Å²) in [6, 6.07) is 2.04. The van der Waals surface area contributed by atoms with Crippen molar-refractivity contribution in [2.75, 3.05) is 29.3 Å². The van der Waals surface area contributed by atoms with E-state index in [-0.39, 0.29) is 0 Å². The van der Waals surface area contributed by atoms with Gasteiger partial charge in [0.2, 0.25) is 5.95 Å². The van der Waals surface area contributed by atoms with Crippen molar-refractivity contribution in [2.45, 2.75) is 19.3 Å². The normalized spacial score (nSPS) is 10.8. The van der Waals surface area contributed by atoms with Crippen molar-refractivity contribution in [3.8, 4) is 0 Å². The van der Waals surface area contributed by atoms with Crippen molar-refractivity contribution >= 4 is 45.1 Å². The molecule has 0 aliphatic carbocycles. The van der Waals surface area contributed by atoms with Gasteiger partial charge in [-0.2, -0.15) is 16.7 Å². The molecule has 4 N–H and O–H groups in total. The second-order valence-corrected chi connectivity index (χ2v) is 6.04. The summed E-state index contributed by atoms with van der Waals surface area (Å²) in [4.78, 5) is 9.63. The van der Waals surface area contributed by atoms with Crippen LogP contribution in [0, 0.1) is 0 Å². The van der Waals surface area contributed by atoms with Gasteiger partial charge in [-0.15, -0.1) is 11.3 Å². The van der Waals surface area contributed by atoms with Crippen LogP contribution < -0.4 is 16.6 Å². The number of nitrogens with one attached hydrogen (secondary N) is 2. The molecule has 0 unspecified atom stereocenters. The number of aromatic nitrogens is 2. The van der Waals surface area contributed by atoms with Crippen molar-refractivity contribution in [3.05, 3.63) is 11.4 Å². The Morgan fingerprint density at radius 1 is 1.32 bits per heavy atom. The summed E-state index contributed by atoms with van der Waals surface area (Å²) in [6.07, 6.45) is 5.82. The first kappa shape index (κ1) is 14.4. The molecule has 0 atom stereocenters. The third-order valence-corrected chi connectivity index (χ3v) is 4.28. The molecule has 0 aromatic carbocycles. The highest BCUT2D eigenvalue weighted by Crippen LogP contribution is 2.26. The first-order chi connectivity index (χ1) is 9.35. The molecule has 0 aliphatic heterocycles. The summed E-state index contributed by atoms with van der Waals surface area (Å²) >= 11 is 3.49. The van der Waals surface area contributed by atoms with E-state index in [1.165, 1.54) is 18.6 Å². The number of hydrogen-bond acceptors (Lipinski definition) is 7. The molecular formula is C12H19N5S2. The quantitative estimate of drug-likeness (QED) is 0.395. The van der Waals surface area contributed by atoms with Crippen molar-refractivity contribution in [1.82, 2.24) is 9.97 Å². The second-order valence-electron chi connectivity index (χ2n) is 4.16. The van der Waals surface area contributed by atoms with Gasteiger partial charge in [0.05, 0.1) is 5.39 Å². The molecule has 104 valence electrons. The van der Waals surface area contributed by atoms with Gasteiger partial charge in [0.1, 0.15) is 10.6 Å². The molecule has 19 heavy (non-hydrogen) atoms. The zero-order valence-electron chi connectivity index (χ0n) is 11.0. The summed E-state index contributed by atoms with van der Waals surface area (Å²) < 4.78 is 0. The minimum atomic E-state index is 0.458. The number of nitrogens with zero attached hydrogens (tertiary/aromatic N) is 2. The third kappa shape index (κ3) is 3.95. The van der Waals surface area contributed by atoms with E-state index in [1.54, 1.807) is 11.3 Å². The van der Waals surface area contributed by atoms with Gasteiger partial charge in [-0.3, -0.25) is 5.43 Å². The number of hydrazine groups is 1. The Morgan fingerprint density at radius 3 is 3.00 bits per heavy atom. The molecule has 0 spiro atoms. The van der Waals surface area contributed by atoms with Gasteiger partial charge in [-0.1, -0.05) is 6.42 Å². The molecule has 5 nitrogen and oxygen atoms in total. The van der Waals surface area contributed by atoms with Crippen LogP contribution in [0.1, 0.15) is 19.3 Å². The highest BCUT2D eigenvalue weighted by atomic mass is 32.2. The molecule has 2 aromatic heterocycles. The number of nitrogen functional groups attached to an aromatic ring is 1. The molecule has 0 aliphatic rings. The minimum absolute atomic E-state index is 0.458. The van der Waals surface area contributed by atoms with Crippen molar-refractivity contribution in [2.24, 2.45) is 5.84 Å². The molecule has 0 bridgehead atoms. The Balaban J connectivity index is 1.93. The average Bonchev–Trinajstić information content (AvgIpc) is 2.90. The molecule has 0 fully saturated rings. The Labute approximate surface area is 121 Å². The zero-order valence-corrected chi connectivity index (χ0v) is 12.6. The Morgan fingerprint density at radius 2 is 2.21 bits per heavy atom. The zero-order chi connectivity index (χ0) is 13.5. The Bertz CT molecular complexity index is 514. The fourth-order valence-corrected chi connectivity index (χ4v) is 3.07. The number of nitrogens with two attached hydrogens (primary N) is 1. The molecule has 0 saturated heterocycles. The topological polar surface area (TPSA) is 75.9 Å². The largest absolute Gasteiger partial charge is 0.369 e. The fraction of sp³-hybridized carbons (Fsp3) is 0.500. The number of rotatable bonds is 8. The lowest BCUT2D eigenvalue weighted by Gasteiger charge is -2.08. The molecule has 2 rings (SSSR count). The van der Waals surface area contributed by atoms with Crippen LogP contribution in [0.3, 0.4) is 0 Å². The van der Waals surface area contributed by atoms with E-state index >= 15 is 0 Å². The summed E-state index contributed by atoms with van der Waals surface area (Å²) in [5, 5.41) is 6.46. The number of hydrogen-bond donors (Lipinski definition) is 3. The van der Waals surface area contributed by atoms with Gasteiger partial charge < -0.3 is 5.32 Å². The molecule has 0 saturated carbocycles. The first-order valence-corrected chi connectivity index (χ1v) is 8.57. The highest BCUT2D eigenvalue weighted by molar-refractivity contribution is 7.98. The number of thiophene rings is 1. The van der Waals surface area contributed by atoms with Gasteiger partial charge in [0.15, 0.2) is 0 Å². The van der Waals surface area contributed by atoms with E-state index < -0.39 is 0 Å². The van der Waals surface area contributed by atoms with E-state index in [2.05, 4.69) is 27.0 Å². The molecule has 0 amide bonds. The lowest BCUT2D eigenvalue weighted by atomic mass is 10.2. The van der Waals surface area contributed by atoms with Crippen LogP contribution in [0.25, 0.3) is 10.2 Å². The van der Waals surface area contributed by atoms with E-state index in [0.29, 0.717) is 5.95 Å². The number of anilines is 2. The highest BCUT2D eigenvalue weighted by Gasteiger charge is 2.07. The van der Waals surface area contributed by atoms with Crippen LogP contribution in [0.2, 0.25) is 0 Å². The van der Waals surface area contributed by atoms with Gasteiger partial charge in [-0.25, -0.2) is 10.8 Å². The van der Waals surface area contributed by atoms with E-state index in [0.717, 1.165) is 29.0 Å². The monoisotopic (exact) mass is 297 g/mol. The predicted octanol–water partition coefficient (Wildman–Crippen LogP) is 2.92. The number of unbranched alkanes of at least 4 members (excludes halogenated alkanes) is 2. The van der Waals surface area contributed by atoms with E-state index in [9.17, 15) is 0 Å². The van der Waals surface area contributed by atoms with Crippen LogP contribution >= 0.6 is 23.1 Å². The SMILES string of the molecule is CSCCCCCNc1nc(NN)nc2sccc12. The Hall–Kier alpha value is -1.05. The van der Waals surface area contributed by atoms with Crippen LogP contribution in [-0.4, -0.2) is 28.5 Å². The maximum absolute atomic E-state index is 5.39. The fourth-order valence-electron chi connectivity index (χ4n) is 1.81. The molecule has 7 heteroatoms. The summed E-state index contributed by atoms with van der Waals surface area (Å²) in [6.45, 7) is 0.931. The van der Waals surface area contributed by atoms with Crippen LogP contribution in [0.15, 0.2) is 11.4 Å². The maximum atomic E-state index is 5.39. The first-order valence-electron chi connectivity index (χ1n) is 6.30. The van der Waals surface area contributed by atoms with Crippen molar-refractivity contribution in [3.63, 3.8) is 0 Å². The summed E-state index contributed by atoms with van der Waals surface area (Å²) in [5.41, 5.74) is 2.51. The van der Waals surface area contributed by atoms with Crippen molar-refractivity contribution < 1.29 is 0 Å². The van der Waals surface area contributed by atoms with Gasteiger partial charge in [0, 0.05) is 6.54 Å². The Kier molecular flexibility index (Phi) is 5.68. The van der Waals surface area contributed by atoms with Gasteiger partial charge in [0.25, 0.3) is 0 Å². The smallest absolute Gasteiger partial charge is 0.240 e. The standard InChI is InChI=1S/C12H19N5S2/c1-18-7-4-2-3-6-14-10-9-5-8-19-11(9)16-12(15-10)17-13/h5,8H,2-4,6-7,13H2,1H3,(H2,14,15,16,17). The van der Waals surface area contributed by atoms with Gasteiger partial charge >= 0.3 is 0 Å². The van der Waals surface area contributed by atoms with E-state index in [1.807, 2.05) is 23.2 Å². The summed E-state index contributed by atoms with van der Waals surface area (Å²) in [5.74, 6) is 7.95. The lowest BCUT2D eigenvalue weighted by molar-refractivity contribution is 0.748. The molecule has 2 heterocycles. The summed E-state index contributed by atoms with van der Waals surface area (Å²) in [7, 11) is 0. The maximum Gasteiger partial charge on any atom is 0.240 e. The van der Waals surface area contributed by atoms with E-state index in [4.69, 9.17) is 5.84 Å². The number of fused-ring (bicyclic) bond motifs is 1. The van der Waals surface area contributed by atoms with Gasteiger partial charge in [-0.05, 0) is 36.3 Å². The lowest BCUT2D eigenvalue weighted by Crippen LogP contribution is -2.12.